The number of aromatic nitrogens is 1. The molecule has 25 heavy (non-hydrogen) atoms. The first-order valence-electron chi connectivity index (χ1n) is 7.78. The molecule has 0 saturated carbocycles. The number of fused-ring (bicyclic) bond motifs is 1. The first kappa shape index (κ1) is 17.3. The number of thiazole rings is 1. The van der Waals surface area contributed by atoms with E-state index in [1.54, 1.807) is 17.4 Å². The Morgan fingerprint density at radius 3 is 2.84 bits per heavy atom. The summed E-state index contributed by atoms with van der Waals surface area (Å²) in [5.74, 6) is -0.401. The Hall–Kier alpha value is -2.51. The summed E-state index contributed by atoms with van der Waals surface area (Å²) >= 11 is 3.01. The van der Waals surface area contributed by atoms with Crippen LogP contribution in [0.15, 0.2) is 46.8 Å². The second-order valence-electron chi connectivity index (χ2n) is 5.29. The van der Waals surface area contributed by atoms with Crippen molar-refractivity contribution in [2.24, 2.45) is 4.99 Å². The molecule has 2 aromatic heterocycles. The van der Waals surface area contributed by atoms with Crippen molar-refractivity contribution in [2.45, 2.75) is 20.4 Å². The molecule has 7 heteroatoms. The lowest BCUT2D eigenvalue weighted by Crippen LogP contribution is -2.15. The average Bonchev–Trinajstić information content (AvgIpc) is 3.18. The van der Waals surface area contributed by atoms with Crippen LogP contribution >= 0.6 is 22.7 Å². The van der Waals surface area contributed by atoms with Gasteiger partial charge in [0.25, 0.3) is 5.91 Å². The SMILES string of the molecule is CCn1c(=NC(=O)C=Cc2cccs2)sc2cc(NC(C)=O)ccc21. The van der Waals surface area contributed by atoms with Gasteiger partial charge in [0.2, 0.25) is 5.91 Å². The van der Waals surface area contributed by atoms with Gasteiger partial charge in [-0.3, -0.25) is 9.59 Å². The Labute approximate surface area is 153 Å². The Morgan fingerprint density at radius 2 is 2.16 bits per heavy atom. The van der Waals surface area contributed by atoms with Crippen LogP contribution in [0.3, 0.4) is 0 Å². The summed E-state index contributed by atoms with van der Waals surface area (Å²) in [5, 5.41) is 4.73. The Morgan fingerprint density at radius 1 is 1.32 bits per heavy atom. The molecule has 0 radical (unpaired) electrons. The minimum Gasteiger partial charge on any atom is -0.326 e. The summed E-state index contributed by atoms with van der Waals surface area (Å²) in [6.45, 7) is 4.20. The molecule has 3 aromatic rings. The van der Waals surface area contributed by atoms with Gasteiger partial charge in [0, 0.05) is 30.1 Å². The summed E-state index contributed by atoms with van der Waals surface area (Å²) in [6, 6.07) is 9.58. The monoisotopic (exact) mass is 371 g/mol. The maximum absolute atomic E-state index is 12.2. The van der Waals surface area contributed by atoms with E-state index in [9.17, 15) is 9.59 Å². The molecule has 0 fully saturated rings. The van der Waals surface area contributed by atoms with E-state index in [-0.39, 0.29) is 11.8 Å². The highest BCUT2D eigenvalue weighted by Gasteiger charge is 2.07. The van der Waals surface area contributed by atoms with Crippen LogP contribution in [0.5, 0.6) is 0 Å². The van der Waals surface area contributed by atoms with Crippen LogP contribution in [-0.2, 0) is 16.1 Å². The zero-order valence-corrected chi connectivity index (χ0v) is 15.5. The van der Waals surface area contributed by atoms with E-state index in [0.717, 1.165) is 20.8 Å². The van der Waals surface area contributed by atoms with Crippen LogP contribution in [0.4, 0.5) is 5.69 Å². The normalized spacial score (nSPS) is 12.2. The van der Waals surface area contributed by atoms with E-state index in [2.05, 4.69) is 10.3 Å². The Bertz CT molecular complexity index is 1010. The number of amides is 2. The van der Waals surface area contributed by atoms with Crippen LogP contribution in [0, 0.1) is 0 Å². The number of hydrogen-bond donors (Lipinski definition) is 1. The van der Waals surface area contributed by atoms with Crippen LogP contribution in [0.2, 0.25) is 0 Å². The second-order valence-corrected chi connectivity index (χ2v) is 7.28. The van der Waals surface area contributed by atoms with Gasteiger partial charge in [-0.1, -0.05) is 17.4 Å². The van der Waals surface area contributed by atoms with Crippen molar-refractivity contribution in [3.05, 3.63) is 51.5 Å². The van der Waals surface area contributed by atoms with Crippen LogP contribution in [0.25, 0.3) is 16.3 Å². The summed E-state index contributed by atoms with van der Waals surface area (Å²) in [5.41, 5.74) is 1.73. The first-order valence-corrected chi connectivity index (χ1v) is 9.47. The molecule has 3 rings (SSSR count). The largest absolute Gasteiger partial charge is 0.326 e. The fraction of sp³-hybridized carbons (Fsp3) is 0.167. The van der Waals surface area contributed by atoms with Crippen molar-refractivity contribution in [1.82, 2.24) is 4.57 Å². The van der Waals surface area contributed by atoms with Crippen LogP contribution < -0.4 is 10.1 Å². The third-order valence-electron chi connectivity index (χ3n) is 3.46. The lowest BCUT2D eigenvalue weighted by molar-refractivity contribution is -0.114. The van der Waals surface area contributed by atoms with E-state index >= 15 is 0 Å². The summed E-state index contributed by atoms with van der Waals surface area (Å²) in [4.78, 5) is 29.3. The van der Waals surface area contributed by atoms with E-state index in [1.165, 1.54) is 24.3 Å². The number of nitrogens with zero attached hydrogens (tertiary/aromatic N) is 2. The van der Waals surface area contributed by atoms with Gasteiger partial charge < -0.3 is 9.88 Å². The molecule has 128 valence electrons. The van der Waals surface area contributed by atoms with Gasteiger partial charge in [0.15, 0.2) is 4.80 Å². The molecule has 0 bridgehead atoms. The van der Waals surface area contributed by atoms with Gasteiger partial charge in [0.1, 0.15) is 0 Å². The number of rotatable bonds is 4. The molecular formula is C18H17N3O2S2. The molecule has 2 amide bonds. The van der Waals surface area contributed by atoms with Gasteiger partial charge in [-0.05, 0) is 42.6 Å². The molecule has 1 N–H and O–H groups in total. The van der Waals surface area contributed by atoms with Gasteiger partial charge in [0.05, 0.1) is 10.2 Å². The molecule has 2 heterocycles. The number of hydrogen-bond acceptors (Lipinski definition) is 4. The minimum absolute atomic E-state index is 0.113. The number of carbonyl (C=O) groups excluding carboxylic acids is 2. The molecule has 0 aliphatic heterocycles. The quantitative estimate of drug-likeness (QED) is 0.707. The van der Waals surface area contributed by atoms with Crippen LogP contribution in [0.1, 0.15) is 18.7 Å². The highest BCUT2D eigenvalue weighted by molar-refractivity contribution is 7.16. The maximum Gasteiger partial charge on any atom is 0.272 e. The minimum atomic E-state index is -0.288. The molecule has 0 atom stereocenters. The maximum atomic E-state index is 12.2. The Balaban J connectivity index is 1.96. The Kier molecular flexibility index (Phi) is 5.25. The summed E-state index contributed by atoms with van der Waals surface area (Å²) < 4.78 is 2.97. The van der Waals surface area contributed by atoms with Crippen LogP contribution in [-0.4, -0.2) is 16.4 Å². The first-order chi connectivity index (χ1) is 12.1. The molecule has 5 nitrogen and oxygen atoms in total. The van der Waals surface area contributed by atoms with Crippen molar-refractivity contribution in [3.63, 3.8) is 0 Å². The second kappa shape index (κ2) is 7.58. The van der Waals surface area contributed by atoms with E-state index < -0.39 is 0 Å². The lowest BCUT2D eigenvalue weighted by Gasteiger charge is -2.03. The lowest BCUT2D eigenvalue weighted by atomic mass is 10.3. The fourth-order valence-corrected chi connectivity index (χ4v) is 4.17. The summed E-state index contributed by atoms with van der Waals surface area (Å²) in [7, 11) is 0. The fourth-order valence-electron chi connectivity index (χ4n) is 2.42. The van der Waals surface area contributed by atoms with E-state index in [0.29, 0.717) is 11.3 Å². The zero-order chi connectivity index (χ0) is 17.8. The van der Waals surface area contributed by atoms with Crippen molar-refractivity contribution in [1.29, 1.82) is 0 Å². The topological polar surface area (TPSA) is 63.5 Å². The number of thiophene rings is 1. The van der Waals surface area contributed by atoms with Gasteiger partial charge in [-0.25, -0.2) is 0 Å². The number of nitrogens with one attached hydrogen (secondary N) is 1. The molecular weight excluding hydrogens is 354 g/mol. The smallest absolute Gasteiger partial charge is 0.272 e. The number of anilines is 1. The predicted molar refractivity (Wildman–Crippen MR) is 104 cm³/mol. The molecule has 0 aliphatic carbocycles. The molecule has 0 unspecified atom stereocenters. The van der Waals surface area contributed by atoms with E-state index in [4.69, 9.17) is 0 Å². The van der Waals surface area contributed by atoms with E-state index in [1.807, 2.05) is 47.2 Å². The van der Waals surface area contributed by atoms with Crippen molar-refractivity contribution >= 4 is 56.5 Å². The van der Waals surface area contributed by atoms with Crippen molar-refractivity contribution < 1.29 is 9.59 Å². The standard InChI is InChI=1S/C18H17N3O2S2/c1-3-21-15-8-6-13(19-12(2)22)11-16(15)25-18(21)20-17(23)9-7-14-5-4-10-24-14/h4-11H,3H2,1-2H3,(H,19,22). The third kappa shape index (κ3) is 4.12. The highest BCUT2D eigenvalue weighted by Crippen LogP contribution is 2.22. The number of benzene rings is 1. The van der Waals surface area contributed by atoms with Gasteiger partial charge in [-0.2, -0.15) is 4.99 Å². The third-order valence-corrected chi connectivity index (χ3v) is 5.34. The molecule has 0 spiro atoms. The number of aryl methyl sites for hydroxylation is 1. The zero-order valence-electron chi connectivity index (χ0n) is 13.9. The molecule has 1 aromatic carbocycles. The molecule has 0 saturated heterocycles. The van der Waals surface area contributed by atoms with Crippen molar-refractivity contribution in [3.8, 4) is 0 Å². The average molecular weight is 371 g/mol. The predicted octanol–water partition coefficient (Wildman–Crippen LogP) is 3.88. The van der Waals surface area contributed by atoms with Gasteiger partial charge in [-0.15, -0.1) is 11.3 Å². The molecule has 0 aliphatic rings. The van der Waals surface area contributed by atoms with Crippen molar-refractivity contribution in [2.75, 3.05) is 5.32 Å². The van der Waals surface area contributed by atoms with Gasteiger partial charge >= 0.3 is 0 Å². The summed E-state index contributed by atoms with van der Waals surface area (Å²) in [6.07, 6.45) is 3.26. The number of carbonyl (C=O) groups is 2. The highest BCUT2D eigenvalue weighted by atomic mass is 32.1.